The number of aliphatic hydroxyl groups excluding tert-OH is 3. The second-order valence-corrected chi connectivity index (χ2v) is 11.3. The fourth-order valence-electron chi connectivity index (χ4n) is 0.904. The molecule has 9 heteroatoms. The van der Waals surface area contributed by atoms with Crippen LogP contribution in [0.3, 0.4) is 0 Å². The predicted molar refractivity (Wildman–Crippen MR) is 92.8 cm³/mol. The van der Waals surface area contributed by atoms with Crippen LogP contribution >= 0.6 is 64.8 Å². The molecule has 0 aromatic rings. The van der Waals surface area contributed by atoms with Gasteiger partial charge in [0.1, 0.15) is 0 Å². The lowest BCUT2D eigenvalue weighted by Crippen LogP contribution is -2.14. The number of aliphatic hydroxyl groups is 3. The van der Waals surface area contributed by atoms with E-state index in [-0.39, 0.29) is 18.3 Å². The van der Waals surface area contributed by atoms with E-state index < -0.39 is 0 Å². The second kappa shape index (κ2) is 11.6. The summed E-state index contributed by atoms with van der Waals surface area (Å²) in [6, 6.07) is 0. The van der Waals surface area contributed by atoms with Gasteiger partial charge >= 0.3 is 0 Å². The molecule has 0 unspecified atom stereocenters. The summed E-state index contributed by atoms with van der Waals surface area (Å²) >= 11 is 0. The molecule has 0 saturated carbocycles. The van der Waals surface area contributed by atoms with Gasteiger partial charge in [0.25, 0.3) is 0 Å². The third kappa shape index (κ3) is 9.82. The summed E-state index contributed by atoms with van der Waals surface area (Å²) in [5.74, 6) is 4.14. The van der Waals surface area contributed by atoms with Gasteiger partial charge in [-0.25, -0.2) is 0 Å². The smallest absolute Gasteiger partial charge is 0.0737 e. The summed E-state index contributed by atoms with van der Waals surface area (Å²) in [4.78, 5) is 0. The molecule has 18 heavy (non-hydrogen) atoms. The zero-order valence-electron chi connectivity index (χ0n) is 9.77. The maximum Gasteiger partial charge on any atom is 0.0737 e. The average molecular weight is 367 g/mol. The van der Waals surface area contributed by atoms with Crippen molar-refractivity contribution in [1.82, 2.24) is 0 Å². The molecule has 1 heterocycles. The van der Waals surface area contributed by atoms with Crippen LogP contribution in [-0.2, 0) is 0 Å². The highest BCUT2D eigenvalue weighted by atomic mass is 33.1. The average Bonchev–Trinajstić information content (AvgIpc) is 2.35. The molecule has 1 rings (SSSR count). The van der Waals surface area contributed by atoms with Crippen LogP contribution in [0, 0.1) is 0 Å². The van der Waals surface area contributed by atoms with E-state index in [1.165, 1.54) is 0 Å². The van der Waals surface area contributed by atoms with Crippen molar-refractivity contribution < 1.29 is 15.3 Å². The van der Waals surface area contributed by atoms with Crippen LogP contribution in [0.2, 0.25) is 0 Å². The van der Waals surface area contributed by atoms with Crippen LogP contribution in [0.15, 0.2) is 0 Å². The molecule has 0 radical (unpaired) electrons. The Morgan fingerprint density at radius 2 is 0.611 bits per heavy atom. The van der Waals surface area contributed by atoms with Crippen molar-refractivity contribution in [1.29, 1.82) is 0 Å². The number of hydrogen-bond donors (Lipinski definition) is 3. The van der Waals surface area contributed by atoms with E-state index in [1.54, 1.807) is 64.8 Å². The van der Waals surface area contributed by atoms with E-state index in [1.807, 2.05) is 0 Å². The van der Waals surface area contributed by atoms with Gasteiger partial charge in [0.2, 0.25) is 0 Å². The van der Waals surface area contributed by atoms with Crippen molar-refractivity contribution in [3.8, 4) is 0 Å². The van der Waals surface area contributed by atoms with Crippen molar-refractivity contribution in [2.24, 2.45) is 0 Å². The van der Waals surface area contributed by atoms with Gasteiger partial charge in [-0.05, 0) is 0 Å². The van der Waals surface area contributed by atoms with Gasteiger partial charge in [0.05, 0.1) is 18.3 Å². The quantitative estimate of drug-likeness (QED) is 0.560. The van der Waals surface area contributed by atoms with E-state index in [0.717, 1.165) is 0 Å². The molecule has 1 fully saturated rings. The van der Waals surface area contributed by atoms with E-state index in [2.05, 4.69) is 0 Å². The van der Waals surface area contributed by atoms with Crippen molar-refractivity contribution in [3.63, 3.8) is 0 Å². The largest absolute Gasteiger partial charge is 0.391 e. The Morgan fingerprint density at radius 3 is 0.778 bits per heavy atom. The van der Waals surface area contributed by atoms with Gasteiger partial charge in [-0.1, -0.05) is 64.8 Å². The maximum absolute atomic E-state index is 9.70. The minimum Gasteiger partial charge on any atom is -0.391 e. The summed E-state index contributed by atoms with van der Waals surface area (Å²) in [7, 11) is 9.70. The van der Waals surface area contributed by atoms with Crippen LogP contribution < -0.4 is 0 Å². The van der Waals surface area contributed by atoms with E-state index in [4.69, 9.17) is 0 Å². The second-order valence-electron chi connectivity index (χ2n) is 3.67. The van der Waals surface area contributed by atoms with Crippen LogP contribution in [0.4, 0.5) is 0 Å². The topological polar surface area (TPSA) is 60.7 Å². The minimum atomic E-state index is -0.317. The lowest BCUT2D eigenvalue weighted by molar-refractivity contribution is 0.224. The SMILES string of the molecule is O[C@H]1CSSC[C@H](O)CSSC[C@@H](O)CSSC1. The zero-order valence-corrected chi connectivity index (χ0v) is 14.7. The van der Waals surface area contributed by atoms with E-state index in [0.29, 0.717) is 34.5 Å². The Morgan fingerprint density at radius 1 is 0.444 bits per heavy atom. The Kier molecular flexibility index (Phi) is 11.6. The van der Waals surface area contributed by atoms with Gasteiger partial charge in [0.15, 0.2) is 0 Å². The highest BCUT2D eigenvalue weighted by Crippen LogP contribution is 2.31. The highest BCUT2D eigenvalue weighted by molar-refractivity contribution is 8.77. The van der Waals surface area contributed by atoms with Crippen LogP contribution in [0.25, 0.3) is 0 Å². The first-order chi connectivity index (χ1) is 8.68. The number of rotatable bonds is 0. The summed E-state index contributed by atoms with van der Waals surface area (Å²) in [5, 5.41) is 29.1. The lowest BCUT2D eigenvalue weighted by Gasteiger charge is -2.10. The van der Waals surface area contributed by atoms with Crippen molar-refractivity contribution in [2.75, 3.05) is 34.5 Å². The third-order valence-electron chi connectivity index (χ3n) is 1.81. The molecule has 1 aliphatic heterocycles. The minimum absolute atomic E-state index is 0.317. The molecule has 1 saturated heterocycles. The molecular weight excluding hydrogens is 348 g/mol. The Hall–Kier alpha value is 1.98. The molecule has 0 amide bonds. The van der Waals surface area contributed by atoms with Crippen LogP contribution in [0.5, 0.6) is 0 Å². The molecule has 1 aliphatic rings. The highest BCUT2D eigenvalue weighted by Gasteiger charge is 2.11. The summed E-state index contributed by atoms with van der Waals surface area (Å²) < 4.78 is 0. The summed E-state index contributed by atoms with van der Waals surface area (Å²) in [5.41, 5.74) is 0. The van der Waals surface area contributed by atoms with Crippen LogP contribution in [-0.4, -0.2) is 68.1 Å². The first-order valence-electron chi connectivity index (χ1n) is 5.46. The van der Waals surface area contributed by atoms with Gasteiger partial charge in [0, 0.05) is 34.5 Å². The molecular formula is C9H18O3S6. The predicted octanol–water partition coefficient (Wildman–Crippen LogP) is 2.23. The zero-order chi connectivity index (χ0) is 13.2. The van der Waals surface area contributed by atoms with Crippen LogP contribution in [0.1, 0.15) is 0 Å². The van der Waals surface area contributed by atoms with E-state index in [9.17, 15) is 15.3 Å². The molecule has 0 aromatic carbocycles. The fraction of sp³-hybridized carbons (Fsp3) is 1.00. The Labute approximate surface area is 132 Å². The standard InChI is InChI=1S/C9H18O3S6/c10-7-1-13-14-3-8(11)4-17-18-6-9(12)5-16-15-2-7/h7-12H,1-6H2/t7-,8-,9-. The first kappa shape index (κ1) is 18.0. The normalized spacial score (nSPS) is 34.5. The van der Waals surface area contributed by atoms with Gasteiger partial charge in [-0.15, -0.1) is 0 Å². The third-order valence-corrected chi connectivity index (χ3v) is 9.39. The Bertz CT molecular complexity index is 159. The van der Waals surface area contributed by atoms with Gasteiger partial charge in [-0.3, -0.25) is 0 Å². The molecule has 0 spiro atoms. The maximum atomic E-state index is 9.70. The number of hydrogen-bond acceptors (Lipinski definition) is 9. The lowest BCUT2D eigenvalue weighted by atomic mass is 10.5. The Balaban J connectivity index is 2.28. The molecule has 108 valence electrons. The molecule has 0 bridgehead atoms. The van der Waals surface area contributed by atoms with Gasteiger partial charge < -0.3 is 15.3 Å². The molecule has 0 aromatic heterocycles. The molecule has 3 N–H and O–H groups in total. The fourth-order valence-corrected chi connectivity index (χ4v) is 8.14. The summed E-state index contributed by atoms with van der Waals surface area (Å²) in [6.07, 6.45) is -0.950. The van der Waals surface area contributed by atoms with E-state index >= 15 is 0 Å². The van der Waals surface area contributed by atoms with Gasteiger partial charge in [-0.2, -0.15) is 0 Å². The van der Waals surface area contributed by atoms with Crippen molar-refractivity contribution in [3.05, 3.63) is 0 Å². The summed E-state index contributed by atoms with van der Waals surface area (Å²) in [6.45, 7) is 0. The van der Waals surface area contributed by atoms with Crippen molar-refractivity contribution in [2.45, 2.75) is 18.3 Å². The molecule has 0 atom stereocenters. The monoisotopic (exact) mass is 366 g/mol. The first-order valence-corrected chi connectivity index (χ1v) is 12.9. The van der Waals surface area contributed by atoms with Crippen molar-refractivity contribution >= 4 is 64.8 Å². The molecule has 0 aliphatic carbocycles. The molecule has 3 nitrogen and oxygen atoms in total.